The van der Waals surface area contributed by atoms with E-state index in [0.29, 0.717) is 5.75 Å². The van der Waals surface area contributed by atoms with Crippen LogP contribution in [-0.4, -0.2) is 17.7 Å². The van der Waals surface area contributed by atoms with Gasteiger partial charge in [-0.1, -0.05) is 36.0 Å². The van der Waals surface area contributed by atoms with Gasteiger partial charge in [-0.25, -0.2) is 4.79 Å². The molecule has 0 aliphatic rings. The molecular weight excluding hydrogens is 248 g/mol. The van der Waals surface area contributed by atoms with E-state index in [1.165, 1.54) is 0 Å². The zero-order chi connectivity index (χ0) is 12.8. The third-order valence-electron chi connectivity index (χ3n) is 2.15. The van der Waals surface area contributed by atoms with E-state index in [4.69, 9.17) is 9.84 Å². The first-order valence-electron chi connectivity index (χ1n) is 5.41. The van der Waals surface area contributed by atoms with Gasteiger partial charge < -0.3 is 9.84 Å². The number of aliphatic carboxylic acids is 1. The van der Waals surface area contributed by atoms with Gasteiger partial charge in [-0.3, -0.25) is 0 Å². The van der Waals surface area contributed by atoms with Crippen molar-refractivity contribution in [3.05, 3.63) is 54.6 Å². The molecule has 2 aromatic carbocycles. The molecular formula is C14H12O3S. The van der Waals surface area contributed by atoms with Gasteiger partial charge >= 0.3 is 5.97 Å². The fourth-order valence-electron chi connectivity index (χ4n) is 1.40. The highest BCUT2D eigenvalue weighted by Crippen LogP contribution is 2.29. The molecule has 0 aliphatic carbocycles. The molecule has 0 amide bonds. The van der Waals surface area contributed by atoms with E-state index < -0.39 is 5.97 Å². The number of carboxylic acids is 1. The van der Waals surface area contributed by atoms with Gasteiger partial charge in [0, 0.05) is 9.79 Å². The first-order chi connectivity index (χ1) is 8.74. The molecule has 3 nitrogen and oxygen atoms in total. The number of rotatable bonds is 5. The molecule has 0 bridgehead atoms. The molecule has 2 rings (SSSR count). The summed E-state index contributed by atoms with van der Waals surface area (Å²) in [5.74, 6) is -0.408. The Labute approximate surface area is 109 Å². The number of hydrogen-bond donors (Lipinski definition) is 1. The second-order valence-electron chi connectivity index (χ2n) is 3.57. The lowest BCUT2D eigenvalue weighted by molar-refractivity contribution is -0.139. The third-order valence-corrected chi connectivity index (χ3v) is 3.14. The van der Waals surface area contributed by atoms with Crippen LogP contribution in [0.1, 0.15) is 0 Å². The monoisotopic (exact) mass is 260 g/mol. The van der Waals surface area contributed by atoms with Gasteiger partial charge in [-0.05, 0) is 30.3 Å². The highest BCUT2D eigenvalue weighted by Gasteiger charge is 2.01. The molecule has 92 valence electrons. The Morgan fingerprint density at radius 1 is 1.06 bits per heavy atom. The average Bonchev–Trinajstić information content (AvgIpc) is 2.38. The summed E-state index contributed by atoms with van der Waals surface area (Å²) in [6.45, 7) is -0.320. The van der Waals surface area contributed by atoms with Crippen LogP contribution < -0.4 is 4.74 Å². The fraction of sp³-hybridized carbons (Fsp3) is 0.0714. The number of carbonyl (C=O) groups is 1. The molecule has 18 heavy (non-hydrogen) atoms. The van der Waals surface area contributed by atoms with Crippen LogP contribution in [-0.2, 0) is 4.79 Å². The van der Waals surface area contributed by atoms with Gasteiger partial charge in [0.1, 0.15) is 5.75 Å². The van der Waals surface area contributed by atoms with E-state index >= 15 is 0 Å². The van der Waals surface area contributed by atoms with E-state index in [1.807, 2.05) is 48.5 Å². The summed E-state index contributed by atoms with van der Waals surface area (Å²) in [7, 11) is 0. The quantitative estimate of drug-likeness (QED) is 0.896. The molecule has 0 aromatic heterocycles. The van der Waals surface area contributed by atoms with E-state index in [2.05, 4.69) is 0 Å². The van der Waals surface area contributed by atoms with Crippen molar-refractivity contribution in [2.24, 2.45) is 0 Å². The number of benzene rings is 2. The summed E-state index contributed by atoms with van der Waals surface area (Å²) >= 11 is 1.61. The normalized spacial score (nSPS) is 10.0. The lowest BCUT2D eigenvalue weighted by Crippen LogP contribution is -2.09. The Hall–Kier alpha value is -1.94. The lowest BCUT2D eigenvalue weighted by Gasteiger charge is -2.05. The minimum atomic E-state index is -0.976. The van der Waals surface area contributed by atoms with Crippen LogP contribution in [0.2, 0.25) is 0 Å². The van der Waals surface area contributed by atoms with Gasteiger partial charge in [0.25, 0.3) is 0 Å². The Kier molecular flexibility index (Phi) is 4.25. The lowest BCUT2D eigenvalue weighted by atomic mass is 10.3. The standard InChI is InChI=1S/C14H12O3S/c15-14(16)10-17-11-5-4-8-13(9-11)18-12-6-2-1-3-7-12/h1-9H,10H2,(H,15,16). The van der Waals surface area contributed by atoms with Crippen molar-refractivity contribution in [2.45, 2.75) is 9.79 Å². The minimum absolute atomic E-state index is 0.320. The molecule has 0 saturated heterocycles. The van der Waals surface area contributed by atoms with Crippen LogP contribution in [0.3, 0.4) is 0 Å². The van der Waals surface area contributed by atoms with Crippen LogP contribution >= 0.6 is 11.8 Å². The summed E-state index contributed by atoms with van der Waals surface area (Å²) in [6, 6.07) is 17.4. The molecule has 0 radical (unpaired) electrons. The van der Waals surface area contributed by atoms with Crippen molar-refractivity contribution >= 4 is 17.7 Å². The summed E-state index contributed by atoms with van der Waals surface area (Å²) in [4.78, 5) is 12.6. The molecule has 4 heteroatoms. The van der Waals surface area contributed by atoms with Gasteiger partial charge in [-0.15, -0.1) is 0 Å². The fourth-order valence-corrected chi connectivity index (χ4v) is 2.28. The first kappa shape index (κ1) is 12.5. The zero-order valence-electron chi connectivity index (χ0n) is 9.58. The van der Waals surface area contributed by atoms with Crippen molar-refractivity contribution in [3.8, 4) is 5.75 Å². The predicted molar refractivity (Wildman–Crippen MR) is 70.1 cm³/mol. The second kappa shape index (κ2) is 6.12. The highest BCUT2D eigenvalue weighted by atomic mass is 32.2. The highest BCUT2D eigenvalue weighted by molar-refractivity contribution is 7.99. The Morgan fingerprint density at radius 2 is 1.78 bits per heavy atom. The van der Waals surface area contributed by atoms with E-state index in [1.54, 1.807) is 17.8 Å². The molecule has 0 heterocycles. The van der Waals surface area contributed by atoms with Crippen LogP contribution in [0.4, 0.5) is 0 Å². The summed E-state index contributed by atoms with van der Waals surface area (Å²) in [5.41, 5.74) is 0. The molecule has 2 aromatic rings. The molecule has 0 aliphatic heterocycles. The largest absolute Gasteiger partial charge is 0.482 e. The van der Waals surface area contributed by atoms with Gasteiger partial charge in [0.05, 0.1) is 0 Å². The van der Waals surface area contributed by atoms with Crippen LogP contribution in [0.25, 0.3) is 0 Å². The van der Waals surface area contributed by atoms with E-state index in [-0.39, 0.29) is 6.61 Å². The maximum atomic E-state index is 10.4. The van der Waals surface area contributed by atoms with Crippen molar-refractivity contribution in [3.63, 3.8) is 0 Å². The van der Waals surface area contributed by atoms with Crippen LogP contribution in [0, 0.1) is 0 Å². The average molecular weight is 260 g/mol. The Morgan fingerprint density at radius 3 is 2.50 bits per heavy atom. The molecule has 0 fully saturated rings. The Bertz CT molecular complexity index is 526. The zero-order valence-corrected chi connectivity index (χ0v) is 10.4. The molecule has 0 saturated carbocycles. The van der Waals surface area contributed by atoms with Gasteiger partial charge in [0.2, 0.25) is 0 Å². The molecule has 1 N–H and O–H groups in total. The maximum absolute atomic E-state index is 10.4. The summed E-state index contributed by atoms with van der Waals surface area (Å²) in [6.07, 6.45) is 0. The van der Waals surface area contributed by atoms with Crippen LogP contribution in [0.5, 0.6) is 5.75 Å². The first-order valence-corrected chi connectivity index (χ1v) is 6.23. The number of carboxylic acid groups (broad SMARTS) is 1. The second-order valence-corrected chi connectivity index (χ2v) is 4.72. The van der Waals surface area contributed by atoms with E-state index in [0.717, 1.165) is 9.79 Å². The van der Waals surface area contributed by atoms with Crippen molar-refractivity contribution in [2.75, 3.05) is 6.61 Å². The van der Waals surface area contributed by atoms with Crippen molar-refractivity contribution in [1.82, 2.24) is 0 Å². The smallest absolute Gasteiger partial charge is 0.341 e. The number of ether oxygens (including phenoxy) is 1. The Balaban J connectivity index is 2.05. The molecule has 0 unspecified atom stereocenters. The summed E-state index contributed by atoms with van der Waals surface area (Å²) < 4.78 is 5.13. The van der Waals surface area contributed by atoms with Crippen LogP contribution in [0.15, 0.2) is 64.4 Å². The molecule has 0 atom stereocenters. The van der Waals surface area contributed by atoms with Crippen molar-refractivity contribution < 1.29 is 14.6 Å². The summed E-state index contributed by atoms with van der Waals surface area (Å²) in [5, 5.41) is 8.55. The number of hydrogen-bond acceptors (Lipinski definition) is 3. The SMILES string of the molecule is O=C(O)COc1cccc(Sc2ccccc2)c1. The van der Waals surface area contributed by atoms with Crippen molar-refractivity contribution in [1.29, 1.82) is 0 Å². The maximum Gasteiger partial charge on any atom is 0.341 e. The minimum Gasteiger partial charge on any atom is -0.482 e. The van der Waals surface area contributed by atoms with Gasteiger partial charge in [-0.2, -0.15) is 0 Å². The topological polar surface area (TPSA) is 46.5 Å². The predicted octanol–water partition coefficient (Wildman–Crippen LogP) is 3.30. The van der Waals surface area contributed by atoms with E-state index in [9.17, 15) is 4.79 Å². The third kappa shape index (κ3) is 3.82. The molecule has 0 spiro atoms. The van der Waals surface area contributed by atoms with Gasteiger partial charge in [0.15, 0.2) is 6.61 Å².